The molecule has 0 amide bonds. The van der Waals surface area contributed by atoms with Gasteiger partial charge in [-0.15, -0.1) is 0 Å². The highest BCUT2D eigenvalue weighted by Crippen LogP contribution is 2.39. The predicted octanol–water partition coefficient (Wildman–Crippen LogP) is 1.69. The van der Waals surface area contributed by atoms with Gasteiger partial charge in [-0.2, -0.15) is 0 Å². The molecule has 1 fully saturated rings. The van der Waals surface area contributed by atoms with Crippen molar-refractivity contribution in [2.75, 3.05) is 6.54 Å². The average Bonchev–Trinajstić information content (AvgIpc) is 3.21. The van der Waals surface area contributed by atoms with E-state index in [4.69, 9.17) is 0 Å². The maximum Gasteiger partial charge on any atom is 0.240 e. The summed E-state index contributed by atoms with van der Waals surface area (Å²) in [6.07, 6.45) is 2.82. The molecule has 1 saturated carbocycles. The third kappa shape index (κ3) is 3.55. The van der Waals surface area contributed by atoms with Crippen LogP contribution in [0.4, 0.5) is 0 Å². The van der Waals surface area contributed by atoms with Crippen LogP contribution in [-0.4, -0.2) is 25.7 Å². The van der Waals surface area contributed by atoms with E-state index in [1.165, 1.54) is 0 Å². The lowest BCUT2D eigenvalue weighted by molar-refractivity contribution is 0.0422. The van der Waals surface area contributed by atoms with Crippen LogP contribution in [0.5, 0.6) is 0 Å². The van der Waals surface area contributed by atoms with E-state index in [0.717, 1.165) is 24.8 Å². The lowest BCUT2D eigenvalue weighted by Gasteiger charge is -2.23. The van der Waals surface area contributed by atoms with Crippen LogP contribution in [-0.2, 0) is 16.4 Å². The number of hydrogen-bond acceptors (Lipinski definition) is 3. The van der Waals surface area contributed by atoms with Gasteiger partial charge in [-0.1, -0.05) is 19.1 Å². The van der Waals surface area contributed by atoms with E-state index < -0.39 is 15.6 Å². The topological polar surface area (TPSA) is 66.4 Å². The minimum absolute atomic E-state index is 0.0650. The van der Waals surface area contributed by atoms with Gasteiger partial charge in [-0.25, -0.2) is 13.1 Å². The molecule has 5 heteroatoms. The zero-order chi connectivity index (χ0) is 14.1. The third-order valence-corrected chi connectivity index (χ3v) is 5.14. The molecule has 1 aromatic carbocycles. The molecule has 1 atom stereocenters. The second kappa shape index (κ2) is 5.23. The van der Waals surface area contributed by atoms with Crippen molar-refractivity contribution in [2.45, 2.75) is 43.6 Å². The Bertz CT molecular complexity index is 530. The molecule has 0 bridgehead atoms. The number of rotatable bonds is 6. The van der Waals surface area contributed by atoms with Crippen LogP contribution in [0.3, 0.4) is 0 Å². The molecule has 1 aliphatic rings. The molecule has 0 spiro atoms. The Hall–Kier alpha value is -0.910. The largest absolute Gasteiger partial charge is 0.389 e. The minimum atomic E-state index is -3.53. The van der Waals surface area contributed by atoms with Crippen molar-refractivity contribution < 1.29 is 13.5 Å². The highest BCUT2D eigenvalue weighted by molar-refractivity contribution is 7.89. The average molecular weight is 283 g/mol. The molecule has 0 unspecified atom stereocenters. The highest BCUT2D eigenvalue weighted by atomic mass is 32.2. The molecule has 4 nitrogen and oxygen atoms in total. The molecular weight excluding hydrogens is 262 g/mol. The Balaban J connectivity index is 2.04. The van der Waals surface area contributed by atoms with E-state index in [-0.39, 0.29) is 17.4 Å². The molecule has 1 aromatic rings. The number of aliphatic hydroxyl groups is 1. The molecule has 0 saturated heterocycles. The number of hydrogen-bond donors (Lipinski definition) is 2. The van der Waals surface area contributed by atoms with Gasteiger partial charge in [-0.05, 0) is 49.8 Å². The molecule has 2 N–H and O–H groups in total. The SMILES string of the molecule is CCc1ccc(S(=O)(=O)NC[C@](C)(O)C2CC2)cc1. The van der Waals surface area contributed by atoms with E-state index in [1.807, 2.05) is 19.1 Å². The van der Waals surface area contributed by atoms with Crippen LogP contribution in [0.25, 0.3) is 0 Å². The van der Waals surface area contributed by atoms with Crippen molar-refractivity contribution in [3.05, 3.63) is 29.8 Å². The van der Waals surface area contributed by atoms with Gasteiger partial charge in [0, 0.05) is 6.54 Å². The van der Waals surface area contributed by atoms with Gasteiger partial charge in [0.15, 0.2) is 0 Å². The summed E-state index contributed by atoms with van der Waals surface area (Å²) >= 11 is 0. The van der Waals surface area contributed by atoms with Crippen LogP contribution in [0.15, 0.2) is 29.2 Å². The van der Waals surface area contributed by atoms with Gasteiger partial charge >= 0.3 is 0 Å². The fourth-order valence-corrected chi connectivity index (χ4v) is 3.22. The monoisotopic (exact) mass is 283 g/mol. The Morgan fingerprint density at radius 1 is 1.32 bits per heavy atom. The highest BCUT2D eigenvalue weighted by Gasteiger charge is 2.40. The number of benzene rings is 1. The summed E-state index contributed by atoms with van der Waals surface area (Å²) in [5.41, 5.74) is 0.153. The Kier molecular flexibility index (Phi) is 3.99. The van der Waals surface area contributed by atoms with Gasteiger partial charge in [0.25, 0.3) is 0 Å². The molecule has 0 aromatic heterocycles. The predicted molar refractivity (Wildman–Crippen MR) is 74.4 cm³/mol. The molecule has 106 valence electrons. The maximum atomic E-state index is 12.1. The van der Waals surface area contributed by atoms with Gasteiger partial charge in [0.1, 0.15) is 0 Å². The normalized spacial score (nSPS) is 19.1. The van der Waals surface area contributed by atoms with E-state index in [0.29, 0.717) is 0 Å². The first-order valence-electron chi connectivity index (χ1n) is 6.66. The first-order valence-corrected chi connectivity index (χ1v) is 8.14. The molecule has 0 aliphatic heterocycles. The Labute approximate surface area is 114 Å². The summed E-state index contributed by atoms with van der Waals surface area (Å²) in [6.45, 7) is 3.78. The fraction of sp³-hybridized carbons (Fsp3) is 0.571. The second-order valence-corrected chi connectivity index (χ2v) is 7.22. The summed E-state index contributed by atoms with van der Waals surface area (Å²) in [5.74, 6) is 0.220. The van der Waals surface area contributed by atoms with E-state index in [2.05, 4.69) is 4.72 Å². The van der Waals surface area contributed by atoms with Crippen molar-refractivity contribution in [1.29, 1.82) is 0 Å². The van der Waals surface area contributed by atoms with Gasteiger partial charge < -0.3 is 5.11 Å². The first-order chi connectivity index (χ1) is 8.85. The van der Waals surface area contributed by atoms with Gasteiger partial charge in [0.2, 0.25) is 10.0 Å². The quantitative estimate of drug-likeness (QED) is 0.835. The second-order valence-electron chi connectivity index (χ2n) is 5.45. The summed E-state index contributed by atoms with van der Waals surface area (Å²) < 4.78 is 26.7. The standard InChI is InChI=1S/C14H21NO3S/c1-3-11-4-8-13(9-5-11)19(17,18)15-10-14(2,16)12-6-7-12/h4-5,8-9,12,15-16H,3,6-7,10H2,1-2H3/t14-/m0/s1. The van der Waals surface area contributed by atoms with Crippen LogP contribution in [0.2, 0.25) is 0 Å². The van der Waals surface area contributed by atoms with Crippen LogP contribution in [0.1, 0.15) is 32.3 Å². The van der Waals surface area contributed by atoms with Crippen molar-refractivity contribution in [1.82, 2.24) is 4.72 Å². The lowest BCUT2D eigenvalue weighted by Crippen LogP contribution is -2.42. The Morgan fingerprint density at radius 3 is 2.37 bits per heavy atom. The summed E-state index contributed by atoms with van der Waals surface area (Å²) in [4.78, 5) is 0.247. The molecule has 19 heavy (non-hydrogen) atoms. The lowest BCUT2D eigenvalue weighted by atomic mass is 10.0. The summed E-state index contributed by atoms with van der Waals surface area (Å²) in [5, 5.41) is 10.1. The van der Waals surface area contributed by atoms with Crippen molar-refractivity contribution >= 4 is 10.0 Å². The minimum Gasteiger partial charge on any atom is -0.389 e. The van der Waals surface area contributed by atoms with Crippen molar-refractivity contribution in [2.24, 2.45) is 5.92 Å². The molecule has 1 aliphatic carbocycles. The van der Waals surface area contributed by atoms with E-state index in [1.54, 1.807) is 19.1 Å². The molecule has 0 heterocycles. The summed E-state index contributed by atoms with van der Waals surface area (Å²) in [7, 11) is -3.53. The zero-order valence-corrected chi connectivity index (χ0v) is 12.2. The van der Waals surface area contributed by atoms with E-state index >= 15 is 0 Å². The van der Waals surface area contributed by atoms with Gasteiger partial charge in [-0.3, -0.25) is 0 Å². The number of nitrogens with one attached hydrogen (secondary N) is 1. The molecular formula is C14H21NO3S. The maximum absolute atomic E-state index is 12.1. The fourth-order valence-electron chi connectivity index (χ4n) is 2.08. The number of sulfonamides is 1. The van der Waals surface area contributed by atoms with Crippen LogP contribution >= 0.6 is 0 Å². The Morgan fingerprint density at radius 2 is 1.89 bits per heavy atom. The summed E-state index contributed by atoms with van der Waals surface area (Å²) in [6, 6.07) is 6.83. The van der Waals surface area contributed by atoms with Crippen LogP contribution < -0.4 is 4.72 Å². The van der Waals surface area contributed by atoms with Crippen molar-refractivity contribution in [3.8, 4) is 0 Å². The molecule has 0 radical (unpaired) electrons. The smallest absolute Gasteiger partial charge is 0.240 e. The van der Waals surface area contributed by atoms with Gasteiger partial charge in [0.05, 0.1) is 10.5 Å². The van der Waals surface area contributed by atoms with E-state index in [9.17, 15) is 13.5 Å². The van der Waals surface area contributed by atoms with Crippen LogP contribution in [0, 0.1) is 5.92 Å². The molecule has 2 rings (SSSR count). The zero-order valence-electron chi connectivity index (χ0n) is 11.4. The first kappa shape index (κ1) is 14.5. The third-order valence-electron chi connectivity index (χ3n) is 3.72. The van der Waals surface area contributed by atoms with Crippen molar-refractivity contribution in [3.63, 3.8) is 0 Å². The number of aryl methyl sites for hydroxylation is 1.